The van der Waals surface area contributed by atoms with Gasteiger partial charge < -0.3 is 17.3 Å². The summed E-state index contributed by atoms with van der Waals surface area (Å²) in [5, 5.41) is 4.70. The van der Waals surface area contributed by atoms with Gasteiger partial charge in [0.15, 0.2) is 0 Å². The molecule has 0 spiro atoms. The molecule has 1 aliphatic heterocycles. The lowest BCUT2D eigenvalue weighted by molar-refractivity contribution is -0.729. The number of benzene rings is 1. The molecule has 1 unspecified atom stereocenters. The molecule has 1 aromatic carbocycles. The van der Waals surface area contributed by atoms with Gasteiger partial charge in [-0.25, -0.2) is 4.57 Å². The summed E-state index contributed by atoms with van der Waals surface area (Å²) in [5.41, 5.74) is 1.42. The highest BCUT2D eigenvalue weighted by Gasteiger charge is 2.38. The van der Waals surface area contributed by atoms with Crippen LogP contribution in [-0.4, -0.2) is 17.0 Å². The van der Waals surface area contributed by atoms with Gasteiger partial charge in [0.1, 0.15) is 5.69 Å². The first-order valence-corrected chi connectivity index (χ1v) is 7.48. The molecule has 0 amide bonds. The van der Waals surface area contributed by atoms with Crippen molar-refractivity contribution in [3.63, 3.8) is 0 Å². The van der Waals surface area contributed by atoms with Crippen molar-refractivity contribution in [2.75, 3.05) is 0 Å². The van der Waals surface area contributed by atoms with E-state index < -0.39 is 7.25 Å². The van der Waals surface area contributed by atoms with E-state index in [0.717, 1.165) is 12.1 Å². The Morgan fingerprint density at radius 1 is 1.13 bits per heavy atom. The zero-order valence-corrected chi connectivity index (χ0v) is 13.4. The zero-order chi connectivity index (χ0) is 17.3. The molecular formula is C15H20BF4N3. The lowest BCUT2D eigenvalue weighted by Gasteiger charge is -2.24. The van der Waals surface area contributed by atoms with Crippen molar-refractivity contribution in [2.45, 2.75) is 39.7 Å². The lowest BCUT2D eigenvalue weighted by Crippen LogP contribution is -2.43. The Kier molecular flexibility index (Phi) is 4.82. The van der Waals surface area contributed by atoms with E-state index in [4.69, 9.17) is 5.10 Å². The van der Waals surface area contributed by atoms with Gasteiger partial charge in [-0.05, 0) is 24.0 Å². The van der Waals surface area contributed by atoms with Crippen LogP contribution in [0.15, 0.2) is 36.7 Å². The SMILES string of the molecule is CC(C)(C)C1CCc2nn(-c3ccccc3)c[n+]21.F[B-](F)(F)F. The Labute approximate surface area is 133 Å². The zero-order valence-electron chi connectivity index (χ0n) is 13.4. The van der Waals surface area contributed by atoms with E-state index in [1.165, 1.54) is 12.2 Å². The van der Waals surface area contributed by atoms with Gasteiger partial charge in [-0.1, -0.05) is 43.7 Å². The van der Waals surface area contributed by atoms with Crippen molar-refractivity contribution in [3.05, 3.63) is 42.5 Å². The molecule has 1 atom stereocenters. The number of fused-ring (bicyclic) bond motifs is 1. The second-order valence-corrected chi connectivity index (χ2v) is 6.63. The van der Waals surface area contributed by atoms with Gasteiger partial charge in [-0.3, -0.25) is 0 Å². The third-order valence-electron chi connectivity index (χ3n) is 3.75. The minimum atomic E-state index is -6.00. The van der Waals surface area contributed by atoms with Gasteiger partial charge in [0.25, 0.3) is 5.82 Å². The minimum absolute atomic E-state index is 0.292. The molecular weight excluding hydrogens is 309 g/mol. The quantitative estimate of drug-likeness (QED) is 0.440. The van der Waals surface area contributed by atoms with Crippen molar-refractivity contribution < 1.29 is 21.8 Å². The monoisotopic (exact) mass is 329 g/mol. The Morgan fingerprint density at radius 3 is 2.22 bits per heavy atom. The highest BCUT2D eigenvalue weighted by atomic mass is 19.5. The standard InChI is InChI=1S/C15H20N3.BF4/c1-15(2,3)13-9-10-14-16-18(11-17(13)14)12-7-5-4-6-8-12;2-1(3,4)5/h4-8,11,13H,9-10H2,1-3H3;/q+1;-1. The average molecular weight is 329 g/mol. The number of hydrogen-bond acceptors (Lipinski definition) is 1. The van der Waals surface area contributed by atoms with E-state index >= 15 is 0 Å². The molecule has 0 aliphatic carbocycles. The van der Waals surface area contributed by atoms with Crippen LogP contribution in [0.5, 0.6) is 0 Å². The molecule has 8 heteroatoms. The molecule has 126 valence electrons. The van der Waals surface area contributed by atoms with Gasteiger partial charge in [0.05, 0.1) is 6.04 Å². The van der Waals surface area contributed by atoms with E-state index in [0.29, 0.717) is 11.5 Å². The molecule has 2 aromatic rings. The molecule has 1 aliphatic rings. The first-order chi connectivity index (χ1) is 10.6. The van der Waals surface area contributed by atoms with Crippen LogP contribution in [0.4, 0.5) is 17.3 Å². The fourth-order valence-electron chi connectivity index (χ4n) is 2.79. The third kappa shape index (κ3) is 4.81. The molecule has 0 bridgehead atoms. The molecule has 0 N–H and O–H groups in total. The maximum absolute atomic E-state index is 9.75. The topological polar surface area (TPSA) is 21.7 Å². The molecule has 2 heterocycles. The summed E-state index contributed by atoms with van der Waals surface area (Å²) in [6.45, 7) is 6.92. The van der Waals surface area contributed by atoms with E-state index in [-0.39, 0.29) is 0 Å². The van der Waals surface area contributed by atoms with Gasteiger partial charge in [0.2, 0.25) is 6.33 Å². The normalized spacial score (nSPS) is 17.4. The summed E-state index contributed by atoms with van der Waals surface area (Å²) in [4.78, 5) is 0. The largest absolute Gasteiger partial charge is 0.673 e. The molecule has 0 saturated carbocycles. The van der Waals surface area contributed by atoms with Crippen LogP contribution in [0.2, 0.25) is 0 Å². The fourth-order valence-corrected chi connectivity index (χ4v) is 2.79. The molecule has 3 rings (SSSR count). The summed E-state index contributed by atoms with van der Waals surface area (Å²) in [5.74, 6) is 1.21. The molecule has 0 saturated heterocycles. The smallest absolute Gasteiger partial charge is 0.418 e. The molecule has 23 heavy (non-hydrogen) atoms. The number of aromatic nitrogens is 3. The Hall–Kier alpha value is -1.86. The Bertz CT molecular complexity index is 641. The number of nitrogens with zero attached hydrogens (tertiary/aromatic N) is 3. The predicted octanol–water partition coefficient (Wildman–Crippen LogP) is 3.99. The second-order valence-electron chi connectivity index (χ2n) is 6.63. The molecule has 0 radical (unpaired) electrons. The number of para-hydroxylation sites is 1. The number of halogens is 4. The van der Waals surface area contributed by atoms with Crippen molar-refractivity contribution in [1.29, 1.82) is 0 Å². The fraction of sp³-hybridized carbons (Fsp3) is 0.467. The first kappa shape index (κ1) is 17.5. The van der Waals surface area contributed by atoms with E-state index in [2.05, 4.69) is 43.8 Å². The van der Waals surface area contributed by atoms with E-state index in [9.17, 15) is 17.3 Å². The Morgan fingerprint density at radius 2 is 1.70 bits per heavy atom. The number of rotatable bonds is 1. The Balaban J connectivity index is 0.000000338. The van der Waals surface area contributed by atoms with Gasteiger partial charge in [-0.2, -0.15) is 0 Å². The second kappa shape index (κ2) is 6.33. The highest BCUT2D eigenvalue weighted by molar-refractivity contribution is 6.50. The van der Waals surface area contributed by atoms with Crippen LogP contribution in [0, 0.1) is 5.41 Å². The number of hydrogen-bond donors (Lipinski definition) is 0. The predicted molar refractivity (Wildman–Crippen MR) is 80.8 cm³/mol. The summed E-state index contributed by atoms with van der Waals surface area (Å²) >= 11 is 0. The summed E-state index contributed by atoms with van der Waals surface area (Å²) in [6.07, 6.45) is 4.44. The molecule has 0 fully saturated rings. The van der Waals surface area contributed by atoms with Gasteiger partial charge in [-0.15, -0.1) is 0 Å². The highest BCUT2D eigenvalue weighted by Crippen LogP contribution is 2.33. The maximum Gasteiger partial charge on any atom is 0.673 e. The summed E-state index contributed by atoms with van der Waals surface area (Å²) in [7, 11) is -6.00. The average Bonchev–Trinajstić information content (AvgIpc) is 2.95. The van der Waals surface area contributed by atoms with Crippen molar-refractivity contribution in [2.24, 2.45) is 5.41 Å². The third-order valence-corrected chi connectivity index (χ3v) is 3.75. The lowest BCUT2D eigenvalue weighted by atomic mass is 9.85. The van der Waals surface area contributed by atoms with Crippen LogP contribution < -0.4 is 4.57 Å². The first-order valence-electron chi connectivity index (χ1n) is 7.48. The molecule has 1 aromatic heterocycles. The van der Waals surface area contributed by atoms with Gasteiger partial charge in [0, 0.05) is 11.5 Å². The van der Waals surface area contributed by atoms with Crippen molar-refractivity contribution >= 4 is 7.25 Å². The van der Waals surface area contributed by atoms with Gasteiger partial charge >= 0.3 is 7.25 Å². The minimum Gasteiger partial charge on any atom is -0.418 e. The maximum atomic E-state index is 9.75. The summed E-state index contributed by atoms with van der Waals surface area (Å²) < 4.78 is 43.3. The molecule has 3 nitrogen and oxygen atoms in total. The van der Waals surface area contributed by atoms with Crippen LogP contribution in [0.1, 0.15) is 39.1 Å². The van der Waals surface area contributed by atoms with Crippen molar-refractivity contribution in [1.82, 2.24) is 9.78 Å². The van der Waals surface area contributed by atoms with E-state index in [1.807, 2.05) is 22.9 Å². The van der Waals surface area contributed by atoms with Crippen LogP contribution in [0.3, 0.4) is 0 Å². The van der Waals surface area contributed by atoms with Crippen molar-refractivity contribution in [3.8, 4) is 5.69 Å². The summed E-state index contributed by atoms with van der Waals surface area (Å²) in [6, 6.07) is 10.9. The number of aryl methyl sites for hydroxylation is 1. The van der Waals surface area contributed by atoms with E-state index in [1.54, 1.807) is 0 Å². The van der Waals surface area contributed by atoms with Crippen LogP contribution in [-0.2, 0) is 6.42 Å². The van der Waals surface area contributed by atoms with Crippen LogP contribution >= 0.6 is 0 Å². The van der Waals surface area contributed by atoms with Crippen LogP contribution in [0.25, 0.3) is 5.69 Å².